The van der Waals surface area contributed by atoms with Crippen molar-refractivity contribution in [2.75, 3.05) is 13.2 Å². The molecule has 3 heterocycles. The highest BCUT2D eigenvalue weighted by Gasteiger charge is 2.68. The third-order valence-electron chi connectivity index (χ3n) is 2.54. The van der Waals surface area contributed by atoms with Crippen LogP contribution in [0.25, 0.3) is 0 Å². The number of fused-ring (bicyclic) bond motifs is 1. The van der Waals surface area contributed by atoms with Crippen LogP contribution in [0.2, 0.25) is 0 Å². The van der Waals surface area contributed by atoms with Crippen molar-refractivity contribution in [2.45, 2.75) is 32.0 Å². The standard InChI is InChI=1S/C10H14O5/c1-4-10-13-6-9(14-10,15-10)7(3)8(11)12-5-2/h3-6H2,1-2H3. The van der Waals surface area contributed by atoms with Crippen LogP contribution < -0.4 is 0 Å². The molecule has 0 N–H and O–H groups in total. The zero-order valence-electron chi connectivity index (χ0n) is 8.87. The lowest BCUT2D eigenvalue weighted by Crippen LogP contribution is -2.57. The molecule has 0 amide bonds. The van der Waals surface area contributed by atoms with Crippen molar-refractivity contribution in [3.8, 4) is 0 Å². The van der Waals surface area contributed by atoms with Gasteiger partial charge in [-0.25, -0.2) is 4.79 Å². The van der Waals surface area contributed by atoms with E-state index >= 15 is 0 Å². The van der Waals surface area contributed by atoms with Crippen LogP contribution in [0, 0.1) is 0 Å². The molecule has 0 aromatic rings. The van der Waals surface area contributed by atoms with E-state index in [4.69, 9.17) is 18.9 Å². The molecular formula is C10H14O5. The van der Waals surface area contributed by atoms with E-state index in [1.54, 1.807) is 6.92 Å². The first kappa shape index (κ1) is 10.6. The SMILES string of the molecule is C=C(C(=O)OCC)C12COC(CC)(O1)O2. The fourth-order valence-electron chi connectivity index (χ4n) is 1.66. The molecule has 0 spiro atoms. The van der Waals surface area contributed by atoms with Crippen LogP contribution in [0.4, 0.5) is 0 Å². The molecule has 84 valence electrons. The monoisotopic (exact) mass is 214 g/mol. The fraction of sp³-hybridized carbons (Fsp3) is 0.700. The minimum absolute atomic E-state index is 0.158. The Kier molecular flexibility index (Phi) is 2.33. The highest BCUT2D eigenvalue weighted by atomic mass is 17.0. The highest BCUT2D eigenvalue weighted by molar-refractivity contribution is 5.90. The number of hydrogen-bond acceptors (Lipinski definition) is 5. The second-order valence-electron chi connectivity index (χ2n) is 3.48. The molecule has 0 unspecified atom stereocenters. The van der Waals surface area contributed by atoms with Crippen LogP contribution in [0.15, 0.2) is 12.2 Å². The first-order valence-electron chi connectivity index (χ1n) is 4.98. The molecule has 3 rings (SSSR count). The summed E-state index contributed by atoms with van der Waals surface area (Å²) in [6.45, 7) is 7.72. The van der Waals surface area contributed by atoms with Gasteiger partial charge >= 0.3 is 5.97 Å². The normalized spacial score (nSPS) is 37.2. The summed E-state index contributed by atoms with van der Waals surface area (Å²) in [6, 6.07) is 0. The zero-order chi connectivity index (χ0) is 11.1. The topological polar surface area (TPSA) is 54.0 Å². The molecule has 0 atom stereocenters. The number of carbonyl (C=O) groups excluding carboxylic acids is 1. The summed E-state index contributed by atoms with van der Waals surface area (Å²) in [5, 5.41) is 0. The molecule has 3 aliphatic heterocycles. The van der Waals surface area contributed by atoms with Gasteiger partial charge in [-0.2, -0.15) is 0 Å². The lowest BCUT2D eigenvalue weighted by atomic mass is 10.1. The third-order valence-corrected chi connectivity index (χ3v) is 2.54. The van der Waals surface area contributed by atoms with Crippen LogP contribution in [0.3, 0.4) is 0 Å². The van der Waals surface area contributed by atoms with Gasteiger partial charge in [0.15, 0.2) is 0 Å². The maximum absolute atomic E-state index is 11.4. The van der Waals surface area contributed by atoms with Gasteiger partial charge < -0.3 is 9.47 Å². The number of rotatable bonds is 4. The number of hydrogen-bond donors (Lipinski definition) is 0. The van der Waals surface area contributed by atoms with Crippen LogP contribution in [0.5, 0.6) is 0 Å². The van der Waals surface area contributed by atoms with Gasteiger partial charge in [-0.05, 0) is 6.92 Å². The molecule has 3 saturated heterocycles. The molecule has 3 fully saturated rings. The fourth-order valence-corrected chi connectivity index (χ4v) is 1.66. The molecule has 0 aromatic carbocycles. The van der Waals surface area contributed by atoms with E-state index in [0.29, 0.717) is 13.0 Å². The molecule has 0 aromatic heterocycles. The summed E-state index contributed by atoms with van der Waals surface area (Å²) < 4.78 is 21.0. The summed E-state index contributed by atoms with van der Waals surface area (Å²) in [5.41, 5.74) is 0.158. The van der Waals surface area contributed by atoms with E-state index in [9.17, 15) is 4.79 Å². The lowest BCUT2D eigenvalue weighted by Gasteiger charge is -2.43. The Morgan fingerprint density at radius 2 is 2.13 bits per heavy atom. The zero-order valence-corrected chi connectivity index (χ0v) is 8.87. The average molecular weight is 214 g/mol. The number of carbonyl (C=O) groups is 1. The maximum atomic E-state index is 11.4. The van der Waals surface area contributed by atoms with Crippen LogP contribution >= 0.6 is 0 Å². The molecule has 5 heteroatoms. The van der Waals surface area contributed by atoms with Gasteiger partial charge in [0, 0.05) is 6.42 Å². The lowest BCUT2D eigenvalue weighted by molar-refractivity contribution is -0.495. The summed E-state index contributed by atoms with van der Waals surface area (Å²) >= 11 is 0. The van der Waals surface area contributed by atoms with Gasteiger partial charge in [0.2, 0.25) is 5.79 Å². The number of ether oxygens (including phenoxy) is 4. The van der Waals surface area contributed by atoms with E-state index in [1.807, 2.05) is 6.92 Å². The van der Waals surface area contributed by atoms with Gasteiger partial charge in [-0.15, -0.1) is 0 Å². The van der Waals surface area contributed by atoms with Gasteiger partial charge in [0.25, 0.3) is 5.97 Å². The van der Waals surface area contributed by atoms with Crippen molar-refractivity contribution in [3.05, 3.63) is 12.2 Å². The highest BCUT2D eigenvalue weighted by Crippen LogP contribution is 2.52. The molecule has 3 aliphatic rings. The average Bonchev–Trinajstić information content (AvgIpc) is 2.72. The van der Waals surface area contributed by atoms with Gasteiger partial charge in [0.05, 0.1) is 12.2 Å². The Labute approximate surface area is 87.9 Å². The third kappa shape index (κ3) is 1.39. The van der Waals surface area contributed by atoms with Gasteiger partial charge in [0.1, 0.15) is 6.61 Å². The summed E-state index contributed by atoms with van der Waals surface area (Å²) in [7, 11) is 0. The minimum atomic E-state index is -1.11. The summed E-state index contributed by atoms with van der Waals surface area (Å²) in [5.74, 6) is -2.58. The Morgan fingerprint density at radius 3 is 2.60 bits per heavy atom. The van der Waals surface area contributed by atoms with E-state index in [1.165, 1.54) is 0 Å². The first-order chi connectivity index (χ1) is 7.07. The first-order valence-corrected chi connectivity index (χ1v) is 4.98. The number of esters is 1. The molecule has 0 radical (unpaired) electrons. The van der Waals surface area contributed by atoms with E-state index in [2.05, 4.69) is 6.58 Å². The second kappa shape index (κ2) is 3.30. The van der Waals surface area contributed by atoms with Gasteiger partial charge in [-0.3, -0.25) is 9.47 Å². The maximum Gasteiger partial charge on any atom is 0.338 e. The van der Waals surface area contributed by atoms with Crippen molar-refractivity contribution in [1.29, 1.82) is 0 Å². The smallest absolute Gasteiger partial charge is 0.338 e. The Hall–Kier alpha value is -0.910. The Morgan fingerprint density at radius 1 is 1.47 bits per heavy atom. The quantitative estimate of drug-likeness (QED) is 0.515. The molecule has 15 heavy (non-hydrogen) atoms. The van der Waals surface area contributed by atoms with Crippen molar-refractivity contribution in [3.63, 3.8) is 0 Å². The van der Waals surface area contributed by atoms with E-state index in [0.717, 1.165) is 0 Å². The van der Waals surface area contributed by atoms with E-state index < -0.39 is 17.7 Å². The largest absolute Gasteiger partial charge is 0.462 e. The Balaban J connectivity index is 2.03. The van der Waals surface area contributed by atoms with Crippen molar-refractivity contribution >= 4 is 5.97 Å². The predicted molar refractivity (Wildman–Crippen MR) is 49.6 cm³/mol. The second-order valence-corrected chi connectivity index (χ2v) is 3.48. The molecule has 2 bridgehead atoms. The van der Waals surface area contributed by atoms with Crippen molar-refractivity contribution < 1.29 is 23.7 Å². The summed E-state index contributed by atoms with van der Waals surface area (Å²) in [4.78, 5) is 11.4. The summed E-state index contributed by atoms with van der Waals surface area (Å²) in [6.07, 6.45) is 0.574. The minimum Gasteiger partial charge on any atom is -0.462 e. The predicted octanol–water partition coefficient (Wildman–Crippen LogP) is 0.943. The van der Waals surface area contributed by atoms with Crippen LogP contribution in [-0.4, -0.2) is 30.9 Å². The Bertz CT molecular complexity index is 303. The molecule has 0 aliphatic carbocycles. The van der Waals surface area contributed by atoms with Crippen molar-refractivity contribution in [2.24, 2.45) is 0 Å². The molecular weight excluding hydrogens is 200 g/mol. The molecule has 5 nitrogen and oxygen atoms in total. The van der Waals surface area contributed by atoms with E-state index in [-0.39, 0.29) is 12.2 Å². The molecule has 0 saturated carbocycles. The van der Waals surface area contributed by atoms with Crippen LogP contribution in [0.1, 0.15) is 20.3 Å². The van der Waals surface area contributed by atoms with Crippen molar-refractivity contribution in [1.82, 2.24) is 0 Å². The van der Waals surface area contributed by atoms with Crippen LogP contribution in [-0.2, 0) is 23.7 Å². The van der Waals surface area contributed by atoms with Gasteiger partial charge in [-0.1, -0.05) is 13.5 Å².